The van der Waals surface area contributed by atoms with E-state index in [-0.39, 0.29) is 17.6 Å². The fourth-order valence-electron chi connectivity index (χ4n) is 3.58. The summed E-state index contributed by atoms with van der Waals surface area (Å²) in [5, 5.41) is 13.0. The van der Waals surface area contributed by atoms with E-state index in [0.29, 0.717) is 24.3 Å². The van der Waals surface area contributed by atoms with E-state index in [4.69, 9.17) is 4.74 Å². The quantitative estimate of drug-likeness (QED) is 0.805. The van der Waals surface area contributed by atoms with Crippen LogP contribution in [0.1, 0.15) is 23.8 Å². The Labute approximate surface area is 153 Å². The second-order valence-corrected chi connectivity index (χ2v) is 6.60. The Kier molecular flexibility index (Phi) is 6.00. The van der Waals surface area contributed by atoms with E-state index < -0.39 is 0 Å². The third kappa shape index (κ3) is 4.10. The molecule has 0 spiro atoms. The number of nitrogens with one attached hydrogen (secondary N) is 2. The lowest BCUT2D eigenvalue weighted by Crippen LogP contribution is -2.47. The maximum Gasteiger partial charge on any atom is 0.323 e. The van der Waals surface area contributed by atoms with Crippen LogP contribution in [0.25, 0.3) is 0 Å². The highest BCUT2D eigenvalue weighted by molar-refractivity contribution is 5.92. The molecule has 0 radical (unpaired) electrons. The predicted molar refractivity (Wildman–Crippen MR) is 96.0 cm³/mol. The Bertz CT molecular complexity index is 632. The molecule has 1 aromatic heterocycles. The molecule has 9 nitrogen and oxygen atoms in total. The molecule has 2 unspecified atom stereocenters. The van der Waals surface area contributed by atoms with Crippen LogP contribution in [0.3, 0.4) is 0 Å². The van der Waals surface area contributed by atoms with Crippen molar-refractivity contribution >= 4 is 17.8 Å². The van der Waals surface area contributed by atoms with Gasteiger partial charge in [-0.05, 0) is 18.1 Å². The first-order valence-electron chi connectivity index (χ1n) is 9.06. The Morgan fingerprint density at radius 1 is 1.23 bits per heavy atom. The van der Waals surface area contributed by atoms with E-state index in [2.05, 4.69) is 32.7 Å². The summed E-state index contributed by atoms with van der Waals surface area (Å²) in [5.41, 5.74) is 0.213. The highest BCUT2D eigenvalue weighted by Gasteiger charge is 2.38. The van der Waals surface area contributed by atoms with Crippen molar-refractivity contribution in [2.75, 3.05) is 51.8 Å². The van der Waals surface area contributed by atoms with Gasteiger partial charge in [-0.1, -0.05) is 13.3 Å². The molecule has 2 fully saturated rings. The molecule has 2 aliphatic heterocycles. The van der Waals surface area contributed by atoms with Crippen molar-refractivity contribution in [2.24, 2.45) is 5.92 Å². The summed E-state index contributed by atoms with van der Waals surface area (Å²) in [6, 6.07) is 3.32. The zero-order chi connectivity index (χ0) is 18.5. The summed E-state index contributed by atoms with van der Waals surface area (Å²) in [6.45, 7) is 6.95. The third-order valence-electron chi connectivity index (χ3n) is 5.09. The van der Waals surface area contributed by atoms with E-state index in [0.717, 1.165) is 39.3 Å². The summed E-state index contributed by atoms with van der Waals surface area (Å²) in [6.07, 6.45) is 1.03. The first-order valence-corrected chi connectivity index (χ1v) is 9.06. The van der Waals surface area contributed by atoms with Crippen molar-refractivity contribution in [1.82, 2.24) is 25.3 Å². The lowest BCUT2D eigenvalue weighted by molar-refractivity contribution is 0.0106. The predicted octanol–water partition coefficient (Wildman–Crippen LogP) is 0.411. The summed E-state index contributed by atoms with van der Waals surface area (Å²) < 4.78 is 5.44. The average Bonchev–Trinajstić information content (AvgIpc) is 3.13. The van der Waals surface area contributed by atoms with Crippen LogP contribution in [0.15, 0.2) is 12.1 Å². The molecular weight excluding hydrogens is 336 g/mol. The van der Waals surface area contributed by atoms with Crippen molar-refractivity contribution in [1.29, 1.82) is 0 Å². The number of urea groups is 1. The monoisotopic (exact) mass is 362 g/mol. The smallest absolute Gasteiger partial charge is 0.323 e. The first-order chi connectivity index (χ1) is 12.6. The number of rotatable bonds is 4. The van der Waals surface area contributed by atoms with Crippen LogP contribution < -0.4 is 10.6 Å². The second kappa shape index (κ2) is 8.41. The molecular formula is C17H26N6O3. The number of hydrogen-bond donors (Lipinski definition) is 2. The molecule has 26 heavy (non-hydrogen) atoms. The number of nitrogens with zero attached hydrogens (tertiary/aromatic N) is 4. The minimum absolute atomic E-state index is 0.179. The minimum Gasteiger partial charge on any atom is -0.379 e. The number of carbonyl (C=O) groups is 2. The highest BCUT2D eigenvalue weighted by Crippen LogP contribution is 2.26. The normalized spacial score (nSPS) is 23.7. The van der Waals surface area contributed by atoms with Gasteiger partial charge in [-0.2, -0.15) is 0 Å². The van der Waals surface area contributed by atoms with Gasteiger partial charge in [-0.3, -0.25) is 15.0 Å². The fraction of sp³-hybridized carbons (Fsp3) is 0.647. The van der Waals surface area contributed by atoms with Crippen LogP contribution in [0.5, 0.6) is 0 Å². The van der Waals surface area contributed by atoms with Crippen LogP contribution in [-0.2, 0) is 4.74 Å². The van der Waals surface area contributed by atoms with Crippen molar-refractivity contribution in [3.63, 3.8) is 0 Å². The van der Waals surface area contributed by atoms with Gasteiger partial charge in [-0.15, -0.1) is 10.2 Å². The molecule has 3 amide bonds. The Morgan fingerprint density at radius 3 is 2.62 bits per heavy atom. The maximum absolute atomic E-state index is 12.6. The largest absolute Gasteiger partial charge is 0.379 e. The molecule has 9 heteroatoms. The zero-order valence-electron chi connectivity index (χ0n) is 15.3. The topological polar surface area (TPSA) is 99.7 Å². The van der Waals surface area contributed by atoms with Crippen LogP contribution in [-0.4, -0.2) is 84.4 Å². The highest BCUT2D eigenvalue weighted by atomic mass is 16.5. The van der Waals surface area contributed by atoms with Gasteiger partial charge in [-0.25, -0.2) is 4.79 Å². The Hall–Kier alpha value is -2.26. The minimum atomic E-state index is -0.311. The van der Waals surface area contributed by atoms with Crippen LogP contribution in [0.4, 0.5) is 10.6 Å². The maximum atomic E-state index is 12.6. The van der Waals surface area contributed by atoms with Gasteiger partial charge >= 0.3 is 6.03 Å². The van der Waals surface area contributed by atoms with Crippen molar-refractivity contribution < 1.29 is 14.3 Å². The molecule has 0 aliphatic carbocycles. The van der Waals surface area contributed by atoms with Gasteiger partial charge in [0.15, 0.2) is 11.5 Å². The van der Waals surface area contributed by atoms with E-state index in [1.807, 2.05) is 4.90 Å². The summed E-state index contributed by atoms with van der Waals surface area (Å²) in [5.74, 6) is 0.486. The van der Waals surface area contributed by atoms with Crippen molar-refractivity contribution in [3.05, 3.63) is 17.8 Å². The average molecular weight is 362 g/mol. The summed E-state index contributed by atoms with van der Waals surface area (Å²) in [7, 11) is 1.53. The summed E-state index contributed by atoms with van der Waals surface area (Å²) in [4.78, 5) is 28.4. The molecule has 3 rings (SSSR count). The Balaban J connectivity index is 1.60. The van der Waals surface area contributed by atoms with Gasteiger partial charge < -0.3 is 15.0 Å². The lowest BCUT2D eigenvalue weighted by Gasteiger charge is -2.34. The number of hydrogen-bond acceptors (Lipinski definition) is 6. The SMILES string of the molecule is CCC1CN(C(=O)Nc2ccc(C(=O)NC)nn2)CC1N1CCOCC1. The van der Waals surface area contributed by atoms with Gasteiger partial charge in [0.25, 0.3) is 5.91 Å². The van der Waals surface area contributed by atoms with Crippen LogP contribution in [0.2, 0.25) is 0 Å². The van der Waals surface area contributed by atoms with Gasteiger partial charge in [0, 0.05) is 39.3 Å². The third-order valence-corrected chi connectivity index (χ3v) is 5.09. The van der Waals surface area contributed by atoms with Crippen molar-refractivity contribution in [2.45, 2.75) is 19.4 Å². The number of ether oxygens (including phenoxy) is 1. The molecule has 3 heterocycles. The molecule has 0 saturated carbocycles. The first kappa shape index (κ1) is 18.5. The number of aromatic nitrogens is 2. The molecule has 1 aromatic rings. The molecule has 2 aliphatic rings. The fourth-order valence-corrected chi connectivity index (χ4v) is 3.58. The van der Waals surface area contributed by atoms with Crippen LogP contribution in [0, 0.1) is 5.92 Å². The van der Waals surface area contributed by atoms with Gasteiger partial charge in [0.1, 0.15) is 0 Å². The van der Waals surface area contributed by atoms with Gasteiger partial charge in [0.05, 0.1) is 13.2 Å². The standard InChI is InChI=1S/C17H26N6O3/c1-3-12-10-23(11-14(12)22-6-8-26-9-7-22)17(25)19-15-5-4-13(20-21-15)16(24)18-2/h4-5,12,14H,3,6-11H2,1-2H3,(H,18,24)(H,19,21,25). The van der Waals surface area contributed by atoms with E-state index in [9.17, 15) is 9.59 Å². The van der Waals surface area contributed by atoms with Crippen LogP contribution >= 0.6 is 0 Å². The van der Waals surface area contributed by atoms with E-state index in [1.54, 1.807) is 6.07 Å². The zero-order valence-corrected chi connectivity index (χ0v) is 15.3. The van der Waals surface area contributed by atoms with E-state index in [1.165, 1.54) is 13.1 Å². The number of carbonyl (C=O) groups excluding carboxylic acids is 2. The number of likely N-dealkylation sites (tertiary alicyclic amines) is 1. The van der Waals surface area contributed by atoms with Crippen molar-refractivity contribution in [3.8, 4) is 0 Å². The molecule has 142 valence electrons. The lowest BCUT2D eigenvalue weighted by atomic mass is 9.99. The molecule has 2 atom stereocenters. The molecule has 0 bridgehead atoms. The van der Waals surface area contributed by atoms with Gasteiger partial charge in [0.2, 0.25) is 0 Å². The molecule has 0 aromatic carbocycles. The Morgan fingerprint density at radius 2 is 2.00 bits per heavy atom. The molecule has 2 saturated heterocycles. The molecule has 2 N–H and O–H groups in total. The summed E-state index contributed by atoms with van der Waals surface area (Å²) >= 11 is 0. The second-order valence-electron chi connectivity index (χ2n) is 6.60. The number of amides is 3. The number of anilines is 1. The van der Waals surface area contributed by atoms with E-state index >= 15 is 0 Å². The number of morpholine rings is 1.